The van der Waals surface area contributed by atoms with Gasteiger partial charge in [0.1, 0.15) is 0 Å². The van der Waals surface area contributed by atoms with Crippen LogP contribution < -0.4 is 5.32 Å². The number of carbonyl (C=O) groups is 1. The Morgan fingerprint density at radius 2 is 1.85 bits per heavy atom. The van der Waals surface area contributed by atoms with E-state index >= 15 is 0 Å². The normalized spacial score (nSPS) is 10.6. The minimum atomic E-state index is -0.161. The first kappa shape index (κ1) is 15.8. The third kappa shape index (κ3) is 3.39. The van der Waals surface area contributed by atoms with Crippen molar-refractivity contribution in [2.75, 3.05) is 5.32 Å². The first-order valence-corrected chi connectivity index (χ1v) is 8.14. The molecule has 0 atom stereocenters. The van der Waals surface area contributed by atoms with Crippen molar-refractivity contribution in [3.63, 3.8) is 0 Å². The van der Waals surface area contributed by atoms with E-state index in [1.165, 1.54) is 0 Å². The summed E-state index contributed by atoms with van der Waals surface area (Å²) < 4.78 is 0. The lowest BCUT2D eigenvalue weighted by Gasteiger charge is -2.09. The highest BCUT2D eigenvalue weighted by molar-refractivity contribution is 6.01. The van der Waals surface area contributed by atoms with Gasteiger partial charge in [0.25, 0.3) is 0 Å². The van der Waals surface area contributed by atoms with Crippen molar-refractivity contribution in [2.45, 2.75) is 6.42 Å². The van der Waals surface area contributed by atoms with Crippen molar-refractivity contribution >= 4 is 22.5 Å². The van der Waals surface area contributed by atoms with Crippen molar-refractivity contribution in [3.8, 4) is 11.3 Å². The SMILES string of the molecule is O=C(Cc1cnccn1)Nc1cccc2ccc(-c3cccnc3)nc12. The molecule has 3 aromatic heterocycles. The van der Waals surface area contributed by atoms with E-state index in [4.69, 9.17) is 4.98 Å². The molecule has 0 saturated carbocycles. The Labute approximate surface area is 150 Å². The Kier molecular flexibility index (Phi) is 4.30. The van der Waals surface area contributed by atoms with Crippen LogP contribution in [0.15, 0.2) is 73.4 Å². The number of pyridine rings is 2. The van der Waals surface area contributed by atoms with Gasteiger partial charge in [-0.3, -0.25) is 19.7 Å². The number of benzene rings is 1. The van der Waals surface area contributed by atoms with E-state index in [9.17, 15) is 4.79 Å². The topological polar surface area (TPSA) is 80.7 Å². The largest absolute Gasteiger partial charge is 0.324 e. The quantitative estimate of drug-likeness (QED) is 0.616. The first-order chi connectivity index (χ1) is 12.8. The lowest BCUT2D eigenvalue weighted by molar-refractivity contribution is -0.115. The lowest BCUT2D eigenvalue weighted by atomic mass is 10.1. The highest BCUT2D eigenvalue weighted by Crippen LogP contribution is 2.25. The molecule has 1 N–H and O–H groups in total. The van der Waals surface area contributed by atoms with E-state index in [1.807, 2.05) is 42.5 Å². The Bertz CT molecular complexity index is 1050. The average Bonchev–Trinajstić information content (AvgIpc) is 2.69. The molecule has 1 aromatic carbocycles. The number of aromatic nitrogens is 4. The highest BCUT2D eigenvalue weighted by atomic mass is 16.1. The number of hydrogen-bond acceptors (Lipinski definition) is 5. The second kappa shape index (κ2) is 7.06. The van der Waals surface area contributed by atoms with Crippen LogP contribution in [0.2, 0.25) is 0 Å². The molecule has 0 bridgehead atoms. The van der Waals surface area contributed by atoms with Gasteiger partial charge in [-0.25, -0.2) is 4.98 Å². The van der Waals surface area contributed by atoms with Crippen LogP contribution in [0.25, 0.3) is 22.2 Å². The molecule has 1 amide bonds. The molecule has 0 aliphatic carbocycles. The van der Waals surface area contributed by atoms with E-state index < -0.39 is 0 Å². The van der Waals surface area contributed by atoms with Gasteiger partial charge in [0.2, 0.25) is 5.91 Å². The van der Waals surface area contributed by atoms with E-state index in [-0.39, 0.29) is 12.3 Å². The maximum atomic E-state index is 12.4. The molecule has 26 heavy (non-hydrogen) atoms. The van der Waals surface area contributed by atoms with Crippen LogP contribution in [0.1, 0.15) is 5.69 Å². The summed E-state index contributed by atoms with van der Waals surface area (Å²) in [6.45, 7) is 0. The average molecular weight is 341 g/mol. The number of fused-ring (bicyclic) bond motifs is 1. The summed E-state index contributed by atoms with van der Waals surface area (Å²) in [4.78, 5) is 29.3. The number of nitrogens with one attached hydrogen (secondary N) is 1. The summed E-state index contributed by atoms with van der Waals surface area (Å²) in [6.07, 6.45) is 8.39. The molecule has 6 nitrogen and oxygen atoms in total. The van der Waals surface area contributed by atoms with Crippen LogP contribution in [0.4, 0.5) is 5.69 Å². The monoisotopic (exact) mass is 341 g/mol. The fourth-order valence-electron chi connectivity index (χ4n) is 2.70. The van der Waals surface area contributed by atoms with Gasteiger partial charge in [-0.2, -0.15) is 0 Å². The fraction of sp³-hybridized carbons (Fsp3) is 0.0500. The van der Waals surface area contributed by atoms with Gasteiger partial charge >= 0.3 is 0 Å². The van der Waals surface area contributed by atoms with Crippen LogP contribution in [-0.4, -0.2) is 25.8 Å². The van der Waals surface area contributed by atoms with Gasteiger partial charge in [0.15, 0.2) is 0 Å². The fourth-order valence-corrected chi connectivity index (χ4v) is 2.70. The van der Waals surface area contributed by atoms with Crippen molar-refractivity contribution in [1.82, 2.24) is 19.9 Å². The van der Waals surface area contributed by atoms with E-state index in [1.54, 1.807) is 31.0 Å². The number of hydrogen-bond donors (Lipinski definition) is 1. The summed E-state index contributed by atoms with van der Waals surface area (Å²) in [7, 11) is 0. The van der Waals surface area contributed by atoms with Crippen molar-refractivity contribution in [2.24, 2.45) is 0 Å². The van der Waals surface area contributed by atoms with Crippen LogP contribution in [-0.2, 0) is 11.2 Å². The standard InChI is InChI=1S/C20H15N5O/c26-19(11-16-13-22-9-10-23-16)24-18-5-1-3-14-6-7-17(25-20(14)18)15-4-2-8-21-12-15/h1-10,12-13H,11H2,(H,24,26). The number of nitrogens with zero attached hydrogens (tertiary/aromatic N) is 4. The maximum Gasteiger partial charge on any atom is 0.230 e. The first-order valence-electron chi connectivity index (χ1n) is 8.14. The minimum Gasteiger partial charge on any atom is -0.324 e. The summed E-state index contributed by atoms with van der Waals surface area (Å²) in [6, 6.07) is 13.5. The zero-order valence-corrected chi connectivity index (χ0v) is 13.8. The molecular weight excluding hydrogens is 326 g/mol. The smallest absolute Gasteiger partial charge is 0.230 e. The van der Waals surface area contributed by atoms with Gasteiger partial charge in [-0.15, -0.1) is 0 Å². The third-order valence-corrected chi connectivity index (χ3v) is 3.91. The summed E-state index contributed by atoms with van der Waals surface area (Å²) in [5.74, 6) is -0.161. The predicted molar refractivity (Wildman–Crippen MR) is 99.3 cm³/mol. The Morgan fingerprint density at radius 1 is 0.923 bits per heavy atom. The van der Waals surface area contributed by atoms with Crippen molar-refractivity contribution < 1.29 is 4.79 Å². The second-order valence-corrected chi connectivity index (χ2v) is 5.74. The second-order valence-electron chi connectivity index (χ2n) is 5.74. The number of amides is 1. The summed E-state index contributed by atoms with van der Waals surface area (Å²) in [5, 5.41) is 3.88. The van der Waals surface area contributed by atoms with Gasteiger partial charge in [-0.1, -0.05) is 18.2 Å². The summed E-state index contributed by atoms with van der Waals surface area (Å²) >= 11 is 0. The number of carbonyl (C=O) groups excluding carboxylic acids is 1. The highest BCUT2D eigenvalue weighted by Gasteiger charge is 2.10. The predicted octanol–water partition coefficient (Wildman–Crippen LogP) is 3.27. The minimum absolute atomic E-state index is 0.159. The van der Waals surface area contributed by atoms with E-state index in [0.29, 0.717) is 11.4 Å². The van der Waals surface area contributed by atoms with E-state index in [0.717, 1.165) is 22.2 Å². The van der Waals surface area contributed by atoms with Crippen molar-refractivity contribution in [3.05, 3.63) is 79.1 Å². The number of para-hydroxylation sites is 1. The Balaban J connectivity index is 1.65. The molecule has 126 valence electrons. The number of rotatable bonds is 4. The van der Waals surface area contributed by atoms with Crippen LogP contribution in [0.5, 0.6) is 0 Å². The van der Waals surface area contributed by atoms with Crippen molar-refractivity contribution in [1.29, 1.82) is 0 Å². The molecular formula is C20H15N5O. The molecule has 0 aliphatic rings. The van der Waals surface area contributed by atoms with Crippen LogP contribution in [0.3, 0.4) is 0 Å². The molecule has 3 heterocycles. The Morgan fingerprint density at radius 3 is 2.65 bits per heavy atom. The van der Waals surface area contributed by atoms with Gasteiger partial charge < -0.3 is 5.32 Å². The Hall–Kier alpha value is -3.67. The third-order valence-electron chi connectivity index (χ3n) is 3.91. The molecule has 0 spiro atoms. The molecule has 0 unspecified atom stereocenters. The van der Waals surface area contributed by atoms with Crippen LogP contribution in [0, 0.1) is 0 Å². The lowest BCUT2D eigenvalue weighted by Crippen LogP contribution is -2.15. The molecule has 4 rings (SSSR count). The molecule has 0 saturated heterocycles. The molecule has 0 fully saturated rings. The number of anilines is 1. The zero-order valence-electron chi connectivity index (χ0n) is 13.8. The van der Waals surface area contributed by atoms with E-state index in [2.05, 4.69) is 20.3 Å². The molecule has 4 aromatic rings. The maximum absolute atomic E-state index is 12.4. The van der Waals surface area contributed by atoms with Crippen LogP contribution >= 0.6 is 0 Å². The van der Waals surface area contributed by atoms with Gasteiger partial charge in [0.05, 0.1) is 29.0 Å². The zero-order chi connectivity index (χ0) is 17.8. The molecule has 6 heteroatoms. The molecule has 0 aliphatic heterocycles. The van der Waals surface area contributed by atoms with Gasteiger partial charge in [-0.05, 0) is 24.3 Å². The van der Waals surface area contributed by atoms with Gasteiger partial charge in [0, 0.05) is 41.9 Å². The summed E-state index contributed by atoms with van der Waals surface area (Å²) in [5.41, 5.74) is 3.76. The molecule has 0 radical (unpaired) electrons.